The molecule has 2 aromatic rings. The zero-order valence-corrected chi connectivity index (χ0v) is 20.5. The largest absolute Gasteiger partial charge is 0.484 e. The predicted molar refractivity (Wildman–Crippen MR) is 131 cm³/mol. The molecule has 32 heavy (non-hydrogen) atoms. The van der Waals surface area contributed by atoms with Crippen LogP contribution < -0.4 is 20.7 Å². The summed E-state index contributed by atoms with van der Waals surface area (Å²) >= 11 is 0. The van der Waals surface area contributed by atoms with E-state index in [9.17, 15) is 18.0 Å². The number of amides is 1. The molecule has 0 spiro atoms. The number of halogens is 4. The molecule has 0 saturated carbocycles. The van der Waals surface area contributed by atoms with Gasteiger partial charge in [-0.25, -0.2) is 4.99 Å². The summed E-state index contributed by atoms with van der Waals surface area (Å²) in [6.45, 7) is 5.01. The summed E-state index contributed by atoms with van der Waals surface area (Å²) in [5, 5.41) is 8.95. The lowest BCUT2D eigenvalue weighted by Gasteiger charge is -2.16. The minimum atomic E-state index is -4.41. The molecule has 1 amide bonds. The monoisotopic (exact) mass is 564 g/mol. The van der Waals surface area contributed by atoms with Crippen molar-refractivity contribution in [2.75, 3.05) is 18.5 Å². The molecule has 176 valence electrons. The number of aliphatic imine (C=N–C) groups is 1. The van der Waals surface area contributed by atoms with Gasteiger partial charge in [0.25, 0.3) is 0 Å². The molecule has 0 atom stereocenters. The molecule has 0 unspecified atom stereocenters. The number of rotatable bonds is 8. The fraction of sp³-hybridized carbons (Fsp3) is 0.364. The van der Waals surface area contributed by atoms with E-state index in [-0.39, 0.29) is 42.2 Å². The van der Waals surface area contributed by atoms with Gasteiger partial charge in [0.15, 0.2) is 12.6 Å². The summed E-state index contributed by atoms with van der Waals surface area (Å²) in [6, 6.07) is 12.5. The van der Waals surface area contributed by atoms with Gasteiger partial charge in [-0.2, -0.15) is 13.2 Å². The van der Waals surface area contributed by atoms with Crippen LogP contribution in [0.15, 0.2) is 47.5 Å². The molecule has 0 aliphatic heterocycles. The van der Waals surface area contributed by atoms with Gasteiger partial charge in [0.05, 0.1) is 6.54 Å². The Hall–Kier alpha value is -2.50. The number of aryl methyl sites for hydroxylation is 1. The average Bonchev–Trinajstić information content (AvgIpc) is 2.68. The molecule has 2 aromatic carbocycles. The lowest BCUT2D eigenvalue weighted by molar-refractivity contribution is -0.153. The SMILES string of the molecule is CCNC(=NCc1cccc(NC(C)=O)c1)NCc1ccc(C)cc1OCC(F)(F)F.I. The Kier molecular flexibility index (Phi) is 11.3. The van der Waals surface area contributed by atoms with E-state index in [0.717, 1.165) is 11.1 Å². The van der Waals surface area contributed by atoms with Crippen LogP contribution in [-0.2, 0) is 17.9 Å². The summed E-state index contributed by atoms with van der Waals surface area (Å²) < 4.78 is 42.7. The minimum absolute atomic E-state index is 0. The van der Waals surface area contributed by atoms with E-state index in [1.807, 2.05) is 31.2 Å². The molecule has 0 saturated heterocycles. The molecule has 0 heterocycles. The number of carbonyl (C=O) groups is 1. The van der Waals surface area contributed by atoms with Crippen molar-refractivity contribution in [1.29, 1.82) is 0 Å². The van der Waals surface area contributed by atoms with Crippen LogP contribution in [0.25, 0.3) is 0 Å². The minimum Gasteiger partial charge on any atom is -0.484 e. The summed E-state index contributed by atoms with van der Waals surface area (Å²) in [6.07, 6.45) is -4.41. The van der Waals surface area contributed by atoms with Crippen LogP contribution >= 0.6 is 24.0 Å². The van der Waals surface area contributed by atoms with Gasteiger partial charge < -0.3 is 20.7 Å². The van der Waals surface area contributed by atoms with Crippen LogP contribution in [0.3, 0.4) is 0 Å². The first-order chi connectivity index (χ1) is 14.7. The standard InChI is InChI=1S/C22H27F3N4O2.HI/c1-4-26-21(27-12-17-6-5-7-19(11-17)29-16(3)30)28-13-18-9-8-15(2)10-20(18)31-14-22(23,24)25;/h5-11H,4,12-14H2,1-3H3,(H,29,30)(H2,26,27,28);1H. The molecule has 10 heteroatoms. The van der Waals surface area contributed by atoms with Gasteiger partial charge in [0, 0.05) is 31.3 Å². The Labute approximate surface area is 203 Å². The maximum absolute atomic E-state index is 12.6. The summed E-state index contributed by atoms with van der Waals surface area (Å²) in [7, 11) is 0. The van der Waals surface area contributed by atoms with E-state index in [2.05, 4.69) is 20.9 Å². The van der Waals surface area contributed by atoms with Crippen LogP contribution in [-0.4, -0.2) is 31.2 Å². The smallest absolute Gasteiger partial charge is 0.422 e. The van der Waals surface area contributed by atoms with Gasteiger partial charge in [-0.15, -0.1) is 24.0 Å². The summed E-state index contributed by atoms with van der Waals surface area (Å²) in [4.78, 5) is 15.7. The van der Waals surface area contributed by atoms with Crippen molar-refractivity contribution >= 4 is 41.5 Å². The molecule has 3 N–H and O–H groups in total. The molecule has 0 aliphatic rings. The Balaban J connectivity index is 0.00000512. The van der Waals surface area contributed by atoms with Gasteiger partial charge in [-0.05, 0) is 43.2 Å². The molecule has 0 aliphatic carbocycles. The van der Waals surface area contributed by atoms with Crippen LogP contribution in [0.1, 0.15) is 30.5 Å². The van der Waals surface area contributed by atoms with Crippen molar-refractivity contribution < 1.29 is 22.7 Å². The zero-order valence-electron chi connectivity index (χ0n) is 18.2. The van der Waals surface area contributed by atoms with Crippen molar-refractivity contribution in [2.45, 2.75) is 40.0 Å². The van der Waals surface area contributed by atoms with Crippen LogP contribution in [0.2, 0.25) is 0 Å². The number of guanidine groups is 1. The van der Waals surface area contributed by atoms with Gasteiger partial charge >= 0.3 is 6.18 Å². The Morgan fingerprint density at radius 3 is 2.53 bits per heavy atom. The Morgan fingerprint density at radius 2 is 1.88 bits per heavy atom. The second-order valence-corrected chi connectivity index (χ2v) is 6.95. The van der Waals surface area contributed by atoms with E-state index >= 15 is 0 Å². The van der Waals surface area contributed by atoms with Crippen molar-refractivity contribution in [3.63, 3.8) is 0 Å². The maximum atomic E-state index is 12.6. The molecule has 0 aromatic heterocycles. The Morgan fingerprint density at radius 1 is 1.12 bits per heavy atom. The van der Waals surface area contributed by atoms with Crippen molar-refractivity contribution in [2.24, 2.45) is 4.99 Å². The molecular weight excluding hydrogens is 536 g/mol. The number of ether oxygens (including phenoxy) is 1. The third kappa shape index (κ3) is 10.2. The Bertz CT molecular complexity index is 920. The van der Waals surface area contributed by atoms with Gasteiger partial charge in [0.1, 0.15) is 5.75 Å². The van der Waals surface area contributed by atoms with Gasteiger partial charge in [-0.1, -0.05) is 24.3 Å². The second kappa shape index (κ2) is 13.1. The molecule has 6 nitrogen and oxygen atoms in total. The average molecular weight is 564 g/mol. The number of anilines is 1. The topological polar surface area (TPSA) is 74.8 Å². The molecule has 0 radical (unpaired) electrons. The number of benzene rings is 2. The quantitative estimate of drug-likeness (QED) is 0.246. The number of hydrogen-bond acceptors (Lipinski definition) is 3. The van der Waals surface area contributed by atoms with E-state index in [1.54, 1.807) is 25.1 Å². The summed E-state index contributed by atoms with van der Waals surface area (Å²) in [5.74, 6) is 0.538. The van der Waals surface area contributed by atoms with Crippen LogP contribution in [0.5, 0.6) is 5.75 Å². The van der Waals surface area contributed by atoms with Crippen molar-refractivity contribution in [1.82, 2.24) is 10.6 Å². The van der Waals surface area contributed by atoms with Crippen LogP contribution in [0, 0.1) is 6.92 Å². The van der Waals surface area contributed by atoms with Crippen molar-refractivity contribution in [3.8, 4) is 5.75 Å². The number of alkyl halides is 3. The van der Waals surface area contributed by atoms with E-state index in [4.69, 9.17) is 4.74 Å². The lowest BCUT2D eigenvalue weighted by atomic mass is 10.1. The first kappa shape index (κ1) is 27.5. The predicted octanol–water partition coefficient (Wildman–Crippen LogP) is 4.77. The fourth-order valence-electron chi connectivity index (χ4n) is 2.74. The van der Waals surface area contributed by atoms with E-state index in [0.29, 0.717) is 30.3 Å². The van der Waals surface area contributed by atoms with Gasteiger partial charge in [0.2, 0.25) is 5.91 Å². The normalized spacial score (nSPS) is 11.4. The highest BCUT2D eigenvalue weighted by molar-refractivity contribution is 14.0. The molecule has 0 fully saturated rings. The third-order valence-corrected chi connectivity index (χ3v) is 4.07. The van der Waals surface area contributed by atoms with E-state index in [1.165, 1.54) is 6.92 Å². The maximum Gasteiger partial charge on any atom is 0.422 e. The first-order valence-electron chi connectivity index (χ1n) is 9.84. The molecular formula is C22H28F3IN4O2. The highest BCUT2D eigenvalue weighted by Crippen LogP contribution is 2.23. The second-order valence-electron chi connectivity index (χ2n) is 6.95. The highest BCUT2D eigenvalue weighted by Gasteiger charge is 2.28. The van der Waals surface area contributed by atoms with E-state index < -0.39 is 12.8 Å². The highest BCUT2D eigenvalue weighted by atomic mass is 127. The zero-order chi connectivity index (χ0) is 22.9. The number of hydrogen-bond donors (Lipinski definition) is 3. The third-order valence-electron chi connectivity index (χ3n) is 4.07. The van der Waals surface area contributed by atoms with Crippen molar-refractivity contribution in [3.05, 3.63) is 59.2 Å². The van der Waals surface area contributed by atoms with Crippen LogP contribution in [0.4, 0.5) is 18.9 Å². The molecule has 2 rings (SSSR count). The number of nitrogens with one attached hydrogen (secondary N) is 3. The first-order valence-corrected chi connectivity index (χ1v) is 9.84. The number of nitrogens with zero attached hydrogens (tertiary/aromatic N) is 1. The van der Waals surface area contributed by atoms with Gasteiger partial charge in [-0.3, -0.25) is 4.79 Å². The summed E-state index contributed by atoms with van der Waals surface area (Å²) in [5.41, 5.74) is 2.98. The molecule has 0 bridgehead atoms. The fourth-order valence-corrected chi connectivity index (χ4v) is 2.74. The lowest BCUT2D eigenvalue weighted by Crippen LogP contribution is -2.37. The number of carbonyl (C=O) groups excluding carboxylic acids is 1.